The van der Waals surface area contributed by atoms with Crippen molar-refractivity contribution in [2.24, 2.45) is 0 Å². The fourth-order valence-corrected chi connectivity index (χ4v) is 2.42. The smallest absolute Gasteiger partial charge is 0.271 e. The van der Waals surface area contributed by atoms with E-state index < -0.39 is 0 Å². The van der Waals surface area contributed by atoms with Gasteiger partial charge in [0.1, 0.15) is 17.3 Å². The Balaban J connectivity index is 1.90. The molecule has 5 heteroatoms. The van der Waals surface area contributed by atoms with E-state index in [1.165, 1.54) is 0 Å². The van der Waals surface area contributed by atoms with Crippen molar-refractivity contribution < 1.29 is 9.53 Å². The topological polar surface area (TPSA) is 67.0 Å². The summed E-state index contributed by atoms with van der Waals surface area (Å²) in [7, 11) is 0. The number of carbonyl (C=O) groups is 1. The number of nitrogens with one attached hydrogen (secondary N) is 2. The maximum Gasteiger partial charge on any atom is 0.271 e. The van der Waals surface area contributed by atoms with Crippen LogP contribution < -0.4 is 10.1 Å². The van der Waals surface area contributed by atoms with E-state index in [0.29, 0.717) is 18.8 Å². The van der Waals surface area contributed by atoms with E-state index in [0.717, 1.165) is 42.1 Å². The van der Waals surface area contributed by atoms with Crippen molar-refractivity contribution in [2.45, 2.75) is 26.2 Å². The molecule has 1 aliphatic rings. The Morgan fingerprint density at radius 1 is 1.38 bits per heavy atom. The minimum Gasteiger partial charge on any atom is -0.494 e. The van der Waals surface area contributed by atoms with Crippen LogP contribution in [0.3, 0.4) is 0 Å². The zero-order chi connectivity index (χ0) is 14.7. The minimum atomic E-state index is -0.0941. The summed E-state index contributed by atoms with van der Waals surface area (Å²) < 4.78 is 5.64. The predicted octanol–water partition coefficient (Wildman–Crippen LogP) is 2.54. The Labute approximate surface area is 123 Å². The van der Waals surface area contributed by atoms with Gasteiger partial charge in [0, 0.05) is 17.8 Å². The molecule has 0 saturated carbocycles. The number of benzene rings is 1. The number of amides is 1. The van der Waals surface area contributed by atoms with Crippen LogP contribution in [-0.2, 0) is 6.42 Å². The van der Waals surface area contributed by atoms with Crippen LogP contribution in [0, 0.1) is 0 Å². The second-order valence-electron chi connectivity index (χ2n) is 5.15. The van der Waals surface area contributed by atoms with Crippen molar-refractivity contribution in [2.75, 3.05) is 13.2 Å². The fraction of sp³-hybridized carbons (Fsp3) is 0.375. The van der Waals surface area contributed by atoms with Crippen LogP contribution in [0.5, 0.6) is 5.75 Å². The van der Waals surface area contributed by atoms with E-state index in [4.69, 9.17) is 4.74 Å². The largest absolute Gasteiger partial charge is 0.494 e. The summed E-state index contributed by atoms with van der Waals surface area (Å²) in [6.07, 6.45) is 2.74. The molecule has 2 N–H and O–H groups in total. The lowest BCUT2D eigenvalue weighted by Gasteiger charge is -2.05. The van der Waals surface area contributed by atoms with Gasteiger partial charge in [-0.25, -0.2) is 4.98 Å². The molecule has 21 heavy (non-hydrogen) atoms. The summed E-state index contributed by atoms with van der Waals surface area (Å²) >= 11 is 0. The van der Waals surface area contributed by atoms with Gasteiger partial charge < -0.3 is 15.0 Å². The second kappa shape index (κ2) is 5.99. The van der Waals surface area contributed by atoms with Gasteiger partial charge in [0.2, 0.25) is 0 Å². The van der Waals surface area contributed by atoms with E-state index >= 15 is 0 Å². The van der Waals surface area contributed by atoms with Gasteiger partial charge in [-0.15, -0.1) is 0 Å². The van der Waals surface area contributed by atoms with Gasteiger partial charge in [-0.3, -0.25) is 4.79 Å². The lowest BCUT2D eigenvalue weighted by molar-refractivity contribution is 0.0951. The predicted molar refractivity (Wildman–Crippen MR) is 80.5 cm³/mol. The summed E-state index contributed by atoms with van der Waals surface area (Å²) in [6, 6.07) is 7.79. The minimum absolute atomic E-state index is 0.0941. The number of nitrogens with zero attached hydrogens (tertiary/aromatic N) is 1. The van der Waals surface area contributed by atoms with Crippen LogP contribution in [0.15, 0.2) is 24.3 Å². The molecule has 2 aromatic rings. The van der Waals surface area contributed by atoms with Crippen LogP contribution in [0.25, 0.3) is 11.4 Å². The molecule has 5 nitrogen and oxygen atoms in total. The van der Waals surface area contributed by atoms with Crippen LogP contribution >= 0.6 is 0 Å². The average Bonchev–Trinajstić information content (AvgIpc) is 2.86. The highest BCUT2D eigenvalue weighted by molar-refractivity contribution is 5.94. The zero-order valence-electron chi connectivity index (χ0n) is 12.1. The Hall–Kier alpha value is -2.30. The normalized spacial score (nSPS) is 14.2. The first-order valence-corrected chi connectivity index (χ1v) is 7.38. The first-order valence-electron chi connectivity index (χ1n) is 7.38. The van der Waals surface area contributed by atoms with Gasteiger partial charge in [-0.2, -0.15) is 0 Å². The van der Waals surface area contributed by atoms with Crippen molar-refractivity contribution in [1.29, 1.82) is 0 Å². The molecule has 1 amide bonds. The van der Waals surface area contributed by atoms with Crippen molar-refractivity contribution in [3.05, 3.63) is 35.7 Å². The van der Waals surface area contributed by atoms with Gasteiger partial charge in [0.15, 0.2) is 0 Å². The maximum absolute atomic E-state index is 11.9. The molecule has 0 saturated heterocycles. The van der Waals surface area contributed by atoms with Crippen molar-refractivity contribution in [3.63, 3.8) is 0 Å². The summed E-state index contributed by atoms with van der Waals surface area (Å²) in [5.74, 6) is 1.45. The first-order chi connectivity index (χ1) is 10.3. The molecule has 0 atom stereocenters. The van der Waals surface area contributed by atoms with E-state index in [9.17, 15) is 4.79 Å². The van der Waals surface area contributed by atoms with Gasteiger partial charge in [-0.05, 0) is 31.4 Å². The number of aromatic nitrogens is 2. The molecule has 0 fully saturated rings. The number of imidazole rings is 1. The van der Waals surface area contributed by atoms with Crippen LogP contribution in [0.2, 0.25) is 0 Å². The molecule has 1 aromatic carbocycles. The molecular formula is C16H19N3O2. The number of rotatable bonds is 4. The Kier molecular flexibility index (Phi) is 3.90. The Bertz CT molecular complexity index is 649. The molecule has 0 unspecified atom stereocenters. The molecule has 1 aromatic heterocycles. The average molecular weight is 285 g/mol. The number of H-pyrrole nitrogens is 1. The van der Waals surface area contributed by atoms with Crippen molar-refractivity contribution in [3.8, 4) is 17.1 Å². The van der Waals surface area contributed by atoms with Crippen molar-refractivity contribution >= 4 is 5.91 Å². The molecular weight excluding hydrogens is 266 g/mol. The number of ether oxygens (including phenoxy) is 1. The maximum atomic E-state index is 11.9. The molecule has 2 heterocycles. The van der Waals surface area contributed by atoms with Crippen LogP contribution in [0.4, 0.5) is 0 Å². The summed E-state index contributed by atoms with van der Waals surface area (Å²) in [4.78, 5) is 19.7. The number of aryl methyl sites for hydroxylation is 1. The quantitative estimate of drug-likeness (QED) is 0.907. The standard InChI is InChI=1S/C16H19N3O2/c1-2-9-21-12-6-3-5-11(10-12)15-18-13-7-4-8-17-16(20)14(13)19-15/h3,5-6,10H,2,4,7-9H2,1H3,(H,17,20)(H,18,19). The van der Waals surface area contributed by atoms with Crippen molar-refractivity contribution in [1.82, 2.24) is 15.3 Å². The highest BCUT2D eigenvalue weighted by Gasteiger charge is 2.20. The van der Waals surface area contributed by atoms with Gasteiger partial charge in [-0.1, -0.05) is 19.1 Å². The Morgan fingerprint density at radius 2 is 2.29 bits per heavy atom. The molecule has 1 aliphatic heterocycles. The van der Waals surface area contributed by atoms with Gasteiger partial charge in [0.05, 0.1) is 6.61 Å². The van der Waals surface area contributed by atoms with E-state index in [2.05, 4.69) is 22.2 Å². The number of fused-ring (bicyclic) bond motifs is 1. The SMILES string of the molecule is CCCOc1cccc(-c2nc3c([nH]2)CCCNC3=O)c1. The molecule has 3 rings (SSSR count). The highest BCUT2D eigenvalue weighted by Crippen LogP contribution is 2.24. The number of hydrogen-bond acceptors (Lipinski definition) is 3. The fourth-order valence-electron chi connectivity index (χ4n) is 2.42. The molecule has 0 bridgehead atoms. The lowest BCUT2D eigenvalue weighted by atomic mass is 10.2. The van der Waals surface area contributed by atoms with E-state index in [-0.39, 0.29) is 5.91 Å². The molecule has 0 radical (unpaired) electrons. The summed E-state index contributed by atoms with van der Waals surface area (Å²) in [6.45, 7) is 3.48. The summed E-state index contributed by atoms with van der Waals surface area (Å²) in [5.41, 5.74) is 2.37. The van der Waals surface area contributed by atoms with E-state index in [1.54, 1.807) is 0 Å². The van der Waals surface area contributed by atoms with Gasteiger partial charge >= 0.3 is 0 Å². The third-order valence-corrected chi connectivity index (χ3v) is 3.46. The number of hydrogen-bond donors (Lipinski definition) is 2. The molecule has 110 valence electrons. The lowest BCUT2D eigenvalue weighted by Crippen LogP contribution is -2.23. The third kappa shape index (κ3) is 2.91. The van der Waals surface area contributed by atoms with E-state index in [1.807, 2.05) is 24.3 Å². The third-order valence-electron chi connectivity index (χ3n) is 3.46. The van der Waals surface area contributed by atoms with Crippen LogP contribution in [-0.4, -0.2) is 29.0 Å². The highest BCUT2D eigenvalue weighted by atomic mass is 16.5. The number of carbonyl (C=O) groups excluding carboxylic acids is 1. The molecule has 0 aliphatic carbocycles. The van der Waals surface area contributed by atoms with Crippen LogP contribution in [0.1, 0.15) is 35.9 Å². The number of aromatic amines is 1. The molecule has 0 spiro atoms. The van der Waals surface area contributed by atoms with Gasteiger partial charge in [0.25, 0.3) is 5.91 Å². The first kappa shape index (κ1) is 13.7. The second-order valence-corrected chi connectivity index (χ2v) is 5.15. The monoisotopic (exact) mass is 285 g/mol. The summed E-state index contributed by atoms with van der Waals surface area (Å²) in [5, 5.41) is 2.86. The zero-order valence-corrected chi connectivity index (χ0v) is 12.1. The Morgan fingerprint density at radius 3 is 3.14 bits per heavy atom.